The molecule has 1 amide bonds. The number of hydrogen-bond acceptors (Lipinski definition) is 2. The minimum absolute atomic E-state index is 0.00630. The predicted molar refractivity (Wildman–Crippen MR) is 66.6 cm³/mol. The van der Waals surface area contributed by atoms with Crippen molar-refractivity contribution in [1.29, 1.82) is 0 Å². The van der Waals surface area contributed by atoms with Crippen LogP contribution in [0.5, 0.6) is 0 Å². The van der Waals surface area contributed by atoms with Gasteiger partial charge in [0, 0.05) is 26.2 Å². The number of nitrogens with one attached hydrogen (secondary N) is 2. The number of aromatic amines is 1. The number of aromatic nitrogens is 1. The fraction of sp³-hybridized carbons (Fsp3) is 0.545. The molecule has 4 nitrogen and oxygen atoms in total. The summed E-state index contributed by atoms with van der Waals surface area (Å²) in [5.74, 6) is 1.19. The minimum atomic E-state index is -0.00630. The fourth-order valence-electron chi connectivity index (χ4n) is 2.71. The lowest BCUT2D eigenvalue weighted by molar-refractivity contribution is 0.0776. The quantitative estimate of drug-likeness (QED) is 0.817. The molecule has 0 aromatic carbocycles. The third-order valence-electron chi connectivity index (χ3n) is 3.63. The highest BCUT2D eigenvalue weighted by molar-refractivity contribution is 6.41. The summed E-state index contributed by atoms with van der Waals surface area (Å²) in [5.41, 5.74) is 0.480. The molecule has 2 N–H and O–H groups in total. The molecule has 2 aliphatic rings. The number of rotatable bonds is 1. The number of nitrogens with zero attached hydrogens (tertiary/aromatic N) is 1. The number of carbonyl (C=O) groups is 1. The van der Waals surface area contributed by atoms with Crippen LogP contribution in [-0.4, -0.2) is 42.0 Å². The van der Waals surface area contributed by atoms with E-state index in [-0.39, 0.29) is 5.91 Å². The fourth-order valence-corrected chi connectivity index (χ4v) is 3.02. The lowest BCUT2D eigenvalue weighted by atomic mass is 10.0. The lowest BCUT2D eigenvalue weighted by Crippen LogP contribution is -2.32. The summed E-state index contributed by atoms with van der Waals surface area (Å²) in [6, 6.07) is 1.60. The first-order valence-corrected chi connectivity index (χ1v) is 6.44. The van der Waals surface area contributed by atoms with Gasteiger partial charge in [-0.2, -0.15) is 0 Å². The first-order valence-electron chi connectivity index (χ1n) is 5.69. The first kappa shape index (κ1) is 11.4. The van der Waals surface area contributed by atoms with Crippen molar-refractivity contribution in [3.63, 3.8) is 0 Å². The summed E-state index contributed by atoms with van der Waals surface area (Å²) in [6.45, 7) is 3.68. The van der Waals surface area contributed by atoms with Crippen LogP contribution in [0, 0.1) is 11.8 Å². The first-order chi connectivity index (χ1) is 8.15. The second-order valence-corrected chi connectivity index (χ2v) is 5.52. The van der Waals surface area contributed by atoms with E-state index in [0.717, 1.165) is 26.2 Å². The van der Waals surface area contributed by atoms with Crippen molar-refractivity contribution in [3.8, 4) is 0 Å². The summed E-state index contributed by atoms with van der Waals surface area (Å²) in [6.07, 6.45) is 0. The molecule has 2 atom stereocenters. The van der Waals surface area contributed by atoms with Crippen LogP contribution in [-0.2, 0) is 0 Å². The van der Waals surface area contributed by atoms with Gasteiger partial charge >= 0.3 is 0 Å². The summed E-state index contributed by atoms with van der Waals surface area (Å²) in [5, 5.41) is 4.08. The van der Waals surface area contributed by atoms with Gasteiger partial charge in [-0.05, 0) is 17.9 Å². The Morgan fingerprint density at radius 3 is 2.47 bits per heavy atom. The monoisotopic (exact) mass is 273 g/mol. The van der Waals surface area contributed by atoms with E-state index >= 15 is 0 Å². The number of H-pyrrole nitrogens is 1. The summed E-state index contributed by atoms with van der Waals surface area (Å²) < 4.78 is 0. The molecule has 3 rings (SSSR count). The van der Waals surface area contributed by atoms with Crippen LogP contribution in [0.15, 0.2) is 6.07 Å². The molecule has 2 fully saturated rings. The molecule has 2 aliphatic heterocycles. The maximum atomic E-state index is 12.2. The van der Waals surface area contributed by atoms with Crippen molar-refractivity contribution in [1.82, 2.24) is 15.2 Å². The third kappa shape index (κ3) is 1.94. The smallest absolute Gasteiger partial charge is 0.270 e. The molecule has 17 heavy (non-hydrogen) atoms. The van der Waals surface area contributed by atoms with E-state index in [1.54, 1.807) is 6.07 Å². The van der Waals surface area contributed by atoms with E-state index in [1.807, 2.05) is 4.90 Å². The molecule has 0 spiro atoms. The van der Waals surface area contributed by atoms with Crippen molar-refractivity contribution in [2.45, 2.75) is 0 Å². The van der Waals surface area contributed by atoms with Crippen LogP contribution < -0.4 is 5.32 Å². The van der Waals surface area contributed by atoms with Crippen molar-refractivity contribution in [2.75, 3.05) is 26.2 Å². The Morgan fingerprint density at radius 1 is 1.29 bits per heavy atom. The average Bonchev–Trinajstić information content (AvgIpc) is 2.92. The molecule has 3 heterocycles. The molecule has 92 valence electrons. The molecular formula is C11H13Cl2N3O. The van der Waals surface area contributed by atoms with E-state index in [9.17, 15) is 4.79 Å². The third-order valence-corrected chi connectivity index (χ3v) is 4.33. The van der Waals surface area contributed by atoms with Crippen LogP contribution in [0.3, 0.4) is 0 Å². The number of amides is 1. The van der Waals surface area contributed by atoms with Crippen LogP contribution in [0.4, 0.5) is 0 Å². The van der Waals surface area contributed by atoms with Crippen LogP contribution >= 0.6 is 23.2 Å². The second kappa shape index (κ2) is 4.19. The largest absolute Gasteiger partial charge is 0.340 e. The Kier molecular flexibility index (Phi) is 2.81. The molecule has 1 aromatic heterocycles. The standard InChI is InChI=1S/C11H13Cl2N3O/c12-8-1-9(15-10(8)13)11(17)16-4-6-2-14-3-7(6)5-16/h1,6-7,14-15H,2-5H2. The topological polar surface area (TPSA) is 48.1 Å². The van der Waals surface area contributed by atoms with Crippen LogP contribution in [0.1, 0.15) is 10.5 Å². The van der Waals surface area contributed by atoms with Crippen LogP contribution in [0.25, 0.3) is 0 Å². The Labute approximate surface area is 109 Å². The SMILES string of the molecule is O=C(c1cc(Cl)c(Cl)[nH]1)N1CC2CNCC2C1. The van der Waals surface area contributed by atoms with Gasteiger partial charge in [0.2, 0.25) is 0 Å². The average molecular weight is 274 g/mol. The molecule has 6 heteroatoms. The Bertz CT molecular complexity index is 428. The van der Waals surface area contributed by atoms with Crippen molar-refractivity contribution in [2.24, 2.45) is 11.8 Å². The van der Waals surface area contributed by atoms with Gasteiger partial charge in [0.1, 0.15) is 10.8 Å². The van der Waals surface area contributed by atoms with E-state index in [2.05, 4.69) is 10.3 Å². The van der Waals surface area contributed by atoms with Gasteiger partial charge in [0.25, 0.3) is 5.91 Å². The number of halogens is 2. The lowest BCUT2D eigenvalue weighted by Gasteiger charge is -2.16. The number of likely N-dealkylation sites (tertiary alicyclic amines) is 1. The number of carbonyl (C=O) groups excluding carboxylic acids is 1. The Hall–Kier alpha value is -0.710. The number of fused-ring (bicyclic) bond motifs is 1. The van der Waals surface area contributed by atoms with E-state index in [4.69, 9.17) is 23.2 Å². The highest BCUT2D eigenvalue weighted by Gasteiger charge is 2.38. The van der Waals surface area contributed by atoms with E-state index in [0.29, 0.717) is 27.7 Å². The zero-order valence-electron chi connectivity index (χ0n) is 9.17. The molecular weight excluding hydrogens is 261 g/mol. The molecule has 0 bridgehead atoms. The molecule has 0 saturated carbocycles. The summed E-state index contributed by atoms with van der Waals surface area (Å²) in [4.78, 5) is 16.9. The molecule has 0 radical (unpaired) electrons. The number of hydrogen-bond donors (Lipinski definition) is 2. The molecule has 2 unspecified atom stereocenters. The Morgan fingerprint density at radius 2 is 1.94 bits per heavy atom. The van der Waals surface area contributed by atoms with Gasteiger partial charge in [-0.3, -0.25) is 4.79 Å². The maximum Gasteiger partial charge on any atom is 0.270 e. The van der Waals surface area contributed by atoms with Gasteiger partial charge in [0.15, 0.2) is 0 Å². The normalized spacial score (nSPS) is 27.5. The van der Waals surface area contributed by atoms with Gasteiger partial charge < -0.3 is 15.2 Å². The molecule has 0 aliphatic carbocycles. The maximum absolute atomic E-state index is 12.2. The van der Waals surface area contributed by atoms with Crippen molar-refractivity contribution >= 4 is 29.1 Å². The molecule has 2 saturated heterocycles. The van der Waals surface area contributed by atoms with Gasteiger partial charge in [-0.25, -0.2) is 0 Å². The zero-order valence-corrected chi connectivity index (χ0v) is 10.7. The van der Waals surface area contributed by atoms with Gasteiger partial charge in [-0.1, -0.05) is 23.2 Å². The Balaban J connectivity index is 1.75. The molecule has 1 aromatic rings. The highest BCUT2D eigenvalue weighted by atomic mass is 35.5. The van der Waals surface area contributed by atoms with Gasteiger partial charge in [0.05, 0.1) is 5.02 Å². The minimum Gasteiger partial charge on any atom is -0.340 e. The highest BCUT2D eigenvalue weighted by Crippen LogP contribution is 2.28. The van der Waals surface area contributed by atoms with E-state index in [1.165, 1.54) is 0 Å². The van der Waals surface area contributed by atoms with Crippen LogP contribution in [0.2, 0.25) is 10.2 Å². The summed E-state index contributed by atoms with van der Waals surface area (Å²) in [7, 11) is 0. The summed E-state index contributed by atoms with van der Waals surface area (Å²) >= 11 is 11.6. The predicted octanol–water partition coefficient (Wildman–Crippen LogP) is 1.61. The van der Waals surface area contributed by atoms with E-state index < -0.39 is 0 Å². The van der Waals surface area contributed by atoms with Gasteiger partial charge in [-0.15, -0.1) is 0 Å². The zero-order chi connectivity index (χ0) is 12.0. The van der Waals surface area contributed by atoms with Crippen molar-refractivity contribution < 1.29 is 4.79 Å². The second-order valence-electron chi connectivity index (χ2n) is 4.73. The van der Waals surface area contributed by atoms with Crippen molar-refractivity contribution in [3.05, 3.63) is 21.9 Å².